The van der Waals surface area contributed by atoms with Crippen molar-refractivity contribution in [3.8, 4) is 11.5 Å². The van der Waals surface area contributed by atoms with Crippen molar-refractivity contribution in [3.63, 3.8) is 0 Å². The van der Waals surface area contributed by atoms with Crippen molar-refractivity contribution in [2.45, 2.75) is 25.7 Å². The highest BCUT2D eigenvalue weighted by Crippen LogP contribution is 2.28. The molecule has 6 heteroatoms. The smallest absolute Gasteiger partial charge is 0.251 e. The summed E-state index contributed by atoms with van der Waals surface area (Å²) in [6.45, 7) is 1.38. The van der Waals surface area contributed by atoms with Crippen molar-refractivity contribution < 1.29 is 19.1 Å². The van der Waals surface area contributed by atoms with Gasteiger partial charge in [0.25, 0.3) is 11.8 Å². The predicted molar refractivity (Wildman–Crippen MR) is 116 cm³/mol. The zero-order valence-electron chi connectivity index (χ0n) is 17.6. The van der Waals surface area contributed by atoms with E-state index in [-0.39, 0.29) is 11.8 Å². The fourth-order valence-electron chi connectivity index (χ4n) is 3.80. The van der Waals surface area contributed by atoms with Gasteiger partial charge in [0.05, 0.1) is 14.2 Å². The molecule has 0 radical (unpaired) electrons. The number of amides is 2. The number of nitrogens with one attached hydrogen (secondary N) is 2. The molecule has 3 rings (SSSR count). The van der Waals surface area contributed by atoms with Crippen LogP contribution in [-0.4, -0.2) is 39.1 Å². The molecule has 1 fully saturated rings. The van der Waals surface area contributed by atoms with E-state index in [4.69, 9.17) is 9.47 Å². The van der Waals surface area contributed by atoms with E-state index in [1.54, 1.807) is 62.8 Å². The van der Waals surface area contributed by atoms with Crippen LogP contribution in [0.15, 0.2) is 48.5 Å². The lowest BCUT2D eigenvalue weighted by Crippen LogP contribution is -2.34. The van der Waals surface area contributed by atoms with Gasteiger partial charge in [-0.1, -0.05) is 0 Å². The van der Waals surface area contributed by atoms with Gasteiger partial charge in [-0.3, -0.25) is 9.59 Å². The molecule has 30 heavy (non-hydrogen) atoms. The molecule has 0 bridgehead atoms. The third-order valence-electron chi connectivity index (χ3n) is 5.77. The lowest BCUT2D eigenvalue weighted by Gasteiger charge is -2.28. The normalized spacial score (nSPS) is 18.3. The summed E-state index contributed by atoms with van der Waals surface area (Å²) in [6, 6.07) is 14.3. The molecule has 0 atom stereocenters. The number of methoxy groups -OCH3 is 2. The van der Waals surface area contributed by atoms with Crippen molar-refractivity contribution in [1.82, 2.24) is 10.6 Å². The average Bonchev–Trinajstić information content (AvgIpc) is 2.81. The van der Waals surface area contributed by atoms with E-state index in [9.17, 15) is 9.59 Å². The van der Waals surface area contributed by atoms with Gasteiger partial charge in [-0.25, -0.2) is 0 Å². The van der Waals surface area contributed by atoms with Crippen LogP contribution in [0.25, 0.3) is 0 Å². The minimum Gasteiger partial charge on any atom is -0.497 e. The first-order chi connectivity index (χ1) is 14.6. The van der Waals surface area contributed by atoms with Crippen LogP contribution in [0, 0.1) is 11.8 Å². The van der Waals surface area contributed by atoms with E-state index in [2.05, 4.69) is 10.6 Å². The van der Waals surface area contributed by atoms with Gasteiger partial charge in [0.15, 0.2) is 0 Å². The van der Waals surface area contributed by atoms with Crippen molar-refractivity contribution in [1.29, 1.82) is 0 Å². The molecule has 1 saturated carbocycles. The van der Waals surface area contributed by atoms with Crippen LogP contribution in [0.3, 0.4) is 0 Å². The second kappa shape index (κ2) is 10.7. The van der Waals surface area contributed by atoms with Gasteiger partial charge in [-0.2, -0.15) is 0 Å². The molecule has 0 spiro atoms. The Kier molecular flexibility index (Phi) is 7.71. The van der Waals surface area contributed by atoms with Crippen LogP contribution < -0.4 is 20.1 Å². The number of benzene rings is 2. The number of hydrogen-bond acceptors (Lipinski definition) is 4. The molecule has 0 saturated heterocycles. The summed E-state index contributed by atoms with van der Waals surface area (Å²) < 4.78 is 10.2. The van der Waals surface area contributed by atoms with Crippen molar-refractivity contribution in [2.24, 2.45) is 11.8 Å². The summed E-state index contributed by atoms with van der Waals surface area (Å²) in [7, 11) is 3.21. The fraction of sp³-hybridized carbons (Fsp3) is 0.417. The molecular formula is C24H30N2O4. The lowest BCUT2D eigenvalue weighted by atomic mass is 9.82. The van der Waals surface area contributed by atoms with Gasteiger partial charge in [-0.05, 0) is 86.1 Å². The van der Waals surface area contributed by atoms with Gasteiger partial charge in [-0.15, -0.1) is 0 Å². The maximum atomic E-state index is 12.3. The van der Waals surface area contributed by atoms with Crippen LogP contribution >= 0.6 is 0 Å². The molecule has 2 N–H and O–H groups in total. The zero-order valence-corrected chi connectivity index (χ0v) is 17.6. The van der Waals surface area contributed by atoms with Gasteiger partial charge in [0, 0.05) is 24.2 Å². The second-order valence-electron chi connectivity index (χ2n) is 7.76. The third kappa shape index (κ3) is 5.99. The summed E-state index contributed by atoms with van der Waals surface area (Å²) in [5.41, 5.74) is 1.29. The number of rotatable bonds is 8. The minimum absolute atomic E-state index is 0.0495. The zero-order chi connectivity index (χ0) is 21.3. The Balaban J connectivity index is 1.36. The summed E-state index contributed by atoms with van der Waals surface area (Å²) in [4.78, 5) is 24.6. The molecule has 0 aromatic heterocycles. The molecule has 0 aliphatic heterocycles. The van der Waals surface area contributed by atoms with E-state index < -0.39 is 0 Å². The molecule has 1 aliphatic carbocycles. The van der Waals surface area contributed by atoms with Crippen LogP contribution in [-0.2, 0) is 0 Å². The number of carbonyl (C=O) groups is 2. The first-order valence-corrected chi connectivity index (χ1v) is 10.4. The summed E-state index contributed by atoms with van der Waals surface area (Å²) in [5, 5.41) is 6.08. The molecule has 2 aromatic carbocycles. The Hall–Kier alpha value is -3.02. The van der Waals surface area contributed by atoms with Gasteiger partial charge in [0.2, 0.25) is 0 Å². The summed E-state index contributed by atoms with van der Waals surface area (Å²) >= 11 is 0. The van der Waals surface area contributed by atoms with Crippen LogP contribution in [0.4, 0.5) is 0 Å². The van der Waals surface area contributed by atoms with Crippen LogP contribution in [0.2, 0.25) is 0 Å². The number of carbonyl (C=O) groups excluding carboxylic acids is 2. The average molecular weight is 411 g/mol. The van der Waals surface area contributed by atoms with Crippen molar-refractivity contribution in [3.05, 3.63) is 59.7 Å². The highest BCUT2D eigenvalue weighted by molar-refractivity contribution is 5.94. The molecule has 1 aliphatic rings. The summed E-state index contributed by atoms with van der Waals surface area (Å²) in [5.74, 6) is 2.35. The van der Waals surface area contributed by atoms with Crippen molar-refractivity contribution >= 4 is 11.8 Å². The first kappa shape index (κ1) is 21.7. The third-order valence-corrected chi connectivity index (χ3v) is 5.77. The van der Waals surface area contributed by atoms with E-state index in [0.29, 0.717) is 36.1 Å². The molecule has 2 aromatic rings. The maximum absolute atomic E-state index is 12.3. The standard InChI is InChI=1S/C24H30N2O4/c1-29-21-11-7-19(8-12-21)23(27)25-15-17-3-5-18(6-4-17)16-26-24(28)20-9-13-22(30-2)14-10-20/h7-14,17-18H,3-6,15-16H2,1-2H3,(H,25,27)(H,26,28)/t17-,18+. The van der Waals surface area contributed by atoms with E-state index in [1.807, 2.05) is 0 Å². The second-order valence-corrected chi connectivity index (χ2v) is 7.76. The highest BCUT2D eigenvalue weighted by Gasteiger charge is 2.22. The fourth-order valence-corrected chi connectivity index (χ4v) is 3.80. The number of ether oxygens (including phenoxy) is 2. The van der Waals surface area contributed by atoms with Crippen molar-refractivity contribution in [2.75, 3.05) is 27.3 Å². The molecule has 160 valence electrons. The van der Waals surface area contributed by atoms with Crippen LogP contribution in [0.1, 0.15) is 46.4 Å². The van der Waals surface area contributed by atoms with Gasteiger partial charge < -0.3 is 20.1 Å². The molecule has 0 heterocycles. The Morgan fingerprint density at radius 2 is 1.03 bits per heavy atom. The predicted octanol–water partition coefficient (Wildman–Crippen LogP) is 3.67. The van der Waals surface area contributed by atoms with E-state index in [0.717, 1.165) is 37.2 Å². The monoisotopic (exact) mass is 410 g/mol. The quantitative estimate of drug-likeness (QED) is 0.696. The Morgan fingerprint density at radius 1 is 0.700 bits per heavy atom. The Bertz CT molecular complexity index is 754. The lowest BCUT2D eigenvalue weighted by molar-refractivity contribution is 0.0923. The minimum atomic E-state index is -0.0495. The largest absolute Gasteiger partial charge is 0.497 e. The molecular weight excluding hydrogens is 380 g/mol. The topological polar surface area (TPSA) is 76.7 Å². The van der Waals surface area contributed by atoms with Crippen LogP contribution in [0.5, 0.6) is 11.5 Å². The summed E-state index contributed by atoms with van der Waals surface area (Å²) in [6.07, 6.45) is 4.25. The SMILES string of the molecule is COc1ccc(C(=O)NC[C@H]2CC[C@@H](CNC(=O)c3ccc(OC)cc3)CC2)cc1. The highest BCUT2D eigenvalue weighted by atomic mass is 16.5. The van der Waals surface area contributed by atoms with E-state index >= 15 is 0 Å². The van der Waals surface area contributed by atoms with E-state index in [1.165, 1.54) is 0 Å². The molecule has 0 unspecified atom stereocenters. The first-order valence-electron chi connectivity index (χ1n) is 10.4. The Labute approximate surface area is 178 Å². The molecule has 6 nitrogen and oxygen atoms in total. The maximum Gasteiger partial charge on any atom is 0.251 e. The Morgan fingerprint density at radius 3 is 1.33 bits per heavy atom. The number of hydrogen-bond donors (Lipinski definition) is 2. The van der Waals surface area contributed by atoms with Gasteiger partial charge in [0.1, 0.15) is 11.5 Å². The van der Waals surface area contributed by atoms with Gasteiger partial charge >= 0.3 is 0 Å². The molecule has 2 amide bonds.